The van der Waals surface area contributed by atoms with Gasteiger partial charge in [0.2, 0.25) is 0 Å². The van der Waals surface area contributed by atoms with Gasteiger partial charge in [-0.15, -0.1) is 0 Å². The molecule has 0 saturated carbocycles. The van der Waals surface area contributed by atoms with E-state index in [4.69, 9.17) is 16.1 Å². The predicted octanol–water partition coefficient (Wildman–Crippen LogP) is 2.50. The minimum atomic E-state index is -3.41. The molecule has 0 aliphatic carbocycles. The molecule has 0 unspecified atom stereocenters. The molecule has 6 heteroatoms. The molecule has 0 amide bonds. The molecule has 0 aliphatic rings. The van der Waals surface area contributed by atoms with Gasteiger partial charge in [-0.2, -0.15) is 0 Å². The van der Waals surface area contributed by atoms with Gasteiger partial charge in [0.15, 0.2) is 0 Å². The molecule has 0 N–H and O–H groups in total. The Morgan fingerprint density at radius 3 is 2.18 bits per heavy atom. The molecule has 0 aromatic carbocycles. The highest BCUT2D eigenvalue weighted by atomic mass is 35.5. The van der Waals surface area contributed by atoms with Gasteiger partial charge in [0.25, 0.3) is 0 Å². The van der Waals surface area contributed by atoms with Crippen LogP contribution in [0.15, 0.2) is 11.3 Å². The smallest absolute Gasteiger partial charge is 0.408 e. The Balaban J connectivity index is 4.20. The van der Waals surface area contributed by atoms with Gasteiger partial charge in [0, 0.05) is 19.8 Å². The summed E-state index contributed by atoms with van der Waals surface area (Å²) in [5.41, 5.74) is 1.14. The number of rotatable bonds is 4. The summed E-state index contributed by atoms with van der Waals surface area (Å²) in [5, 5.41) is 0. The van der Waals surface area contributed by atoms with Gasteiger partial charge >= 0.3 is 7.82 Å². The average molecular weight is 201 g/mol. The van der Waals surface area contributed by atoms with Gasteiger partial charge in [-0.05, 0) is 6.92 Å². The van der Waals surface area contributed by atoms with Crippen LogP contribution < -0.4 is 0 Å². The van der Waals surface area contributed by atoms with Crippen molar-refractivity contribution in [3.8, 4) is 0 Å². The molecule has 0 bridgehead atoms. The topological polar surface area (TPSA) is 44.8 Å². The van der Waals surface area contributed by atoms with Gasteiger partial charge in [0.05, 0.1) is 0 Å². The summed E-state index contributed by atoms with van der Waals surface area (Å²) in [6.07, 6.45) is 0. The maximum absolute atomic E-state index is 11.2. The Morgan fingerprint density at radius 1 is 1.45 bits per heavy atom. The Kier molecular flexibility index (Phi) is 4.77. The normalized spacial score (nSPS) is 13.3. The van der Waals surface area contributed by atoms with E-state index in [9.17, 15) is 4.57 Å². The van der Waals surface area contributed by atoms with E-state index in [1.165, 1.54) is 21.1 Å². The second-order valence-corrected chi connectivity index (χ2v) is 3.65. The molecule has 4 nitrogen and oxygen atoms in total. The van der Waals surface area contributed by atoms with E-state index in [1.54, 1.807) is 0 Å². The van der Waals surface area contributed by atoms with Crippen LogP contribution in [0.3, 0.4) is 0 Å². The van der Waals surface area contributed by atoms with Crippen LogP contribution in [0.4, 0.5) is 0 Å². The summed E-state index contributed by atoms with van der Waals surface area (Å²) >= 11 is 5.25. The molecule has 0 aromatic heterocycles. The molecule has 0 fully saturated rings. The van der Waals surface area contributed by atoms with E-state index in [-0.39, 0.29) is 5.76 Å². The van der Waals surface area contributed by atoms with E-state index < -0.39 is 7.82 Å². The first-order valence-corrected chi connectivity index (χ1v) is 4.65. The van der Waals surface area contributed by atoms with Gasteiger partial charge in [-0.1, -0.05) is 11.6 Å². The number of hydrogen-bond donors (Lipinski definition) is 0. The number of allylic oxidation sites excluding steroid dienone is 1. The van der Waals surface area contributed by atoms with Gasteiger partial charge in [-0.3, -0.25) is 9.05 Å². The van der Waals surface area contributed by atoms with Crippen LogP contribution in [0.1, 0.15) is 6.92 Å². The Hall–Kier alpha value is -0.0200. The lowest BCUT2D eigenvalue weighted by Crippen LogP contribution is -1.92. The number of phosphoric ester groups is 1. The van der Waals surface area contributed by atoms with E-state index in [0.717, 1.165) is 5.54 Å². The van der Waals surface area contributed by atoms with E-state index in [1.807, 2.05) is 0 Å². The molecule has 0 atom stereocenters. The summed E-state index contributed by atoms with van der Waals surface area (Å²) in [4.78, 5) is 0. The zero-order valence-electron chi connectivity index (χ0n) is 6.54. The van der Waals surface area contributed by atoms with Crippen molar-refractivity contribution in [2.75, 3.05) is 14.2 Å². The quantitative estimate of drug-likeness (QED) is 0.517. The highest BCUT2D eigenvalue weighted by Gasteiger charge is 2.23. The third-order valence-corrected chi connectivity index (χ3v) is 2.57. The molecule has 0 spiro atoms. The molecule has 0 saturated heterocycles. The highest BCUT2D eigenvalue weighted by molar-refractivity contribution is 7.48. The number of phosphoric acid groups is 1. The molecule has 11 heavy (non-hydrogen) atoms. The monoisotopic (exact) mass is 200 g/mol. The first kappa shape index (κ1) is 11.0. The second kappa shape index (κ2) is 4.78. The Bertz CT molecular complexity index is 183. The molecular weight excluding hydrogens is 190 g/mol. The third kappa shape index (κ3) is 3.77. The summed E-state index contributed by atoms with van der Waals surface area (Å²) in [7, 11) is -0.951. The summed E-state index contributed by atoms with van der Waals surface area (Å²) in [6.45, 7) is 1.54. The average Bonchev–Trinajstić information content (AvgIpc) is 2.04. The number of halogens is 1. The van der Waals surface area contributed by atoms with Crippen LogP contribution in [0, 0.1) is 0 Å². The van der Waals surface area contributed by atoms with Crippen LogP contribution in [-0.2, 0) is 18.1 Å². The predicted molar refractivity (Wildman–Crippen MR) is 42.3 cm³/mol. The lowest BCUT2D eigenvalue weighted by molar-refractivity contribution is 0.184. The maximum Gasteiger partial charge on any atom is 0.529 e. The standard InChI is InChI=1S/C5H10ClO4P/c1-5(4-6)10-11(7,8-2)9-3/h4H,1-3H3. The lowest BCUT2D eigenvalue weighted by atomic mass is 10.7. The SMILES string of the molecule is COP(=O)(OC)OC(C)=CCl. The molecule has 0 heterocycles. The van der Waals surface area contributed by atoms with Crippen LogP contribution in [0.2, 0.25) is 0 Å². The molecule has 0 radical (unpaired) electrons. The molecule has 0 aliphatic heterocycles. The Morgan fingerprint density at radius 2 is 1.91 bits per heavy atom. The van der Waals surface area contributed by atoms with Gasteiger partial charge < -0.3 is 4.52 Å². The largest absolute Gasteiger partial charge is 0.529 e. The molecule has 0 rings (SSSR count). The zero-order valence-corrected chi connectivity index (χ0v) is 8.19. The van der Waals surface area contributed by atoms with Crippen molar-refractivity contribution in [1.29, 1.82) is 0 Å². The lowest BCUT2D eigenvalue weighted by Gasteiger charge is -2.13. The summed E-state index contributed by atoms with van der Waals surface area (Å²) < 4.78 is 24.8. The van der Waals surface area contributed by atoms with Crippen LogP contribution in [-0.4, -0.2) is 14.2 Å². The summed E-state index contributed by atoms with van der Waals surface area (Å²) in [5.74, 6) is 0.277. The van der Waals surface area contributed by atoms with E-state index in [2.05, 4.69) is 9.05 Å². The van der Waals surface area contributed by atoms with Crippen LogP contribution >= 0.6 is 19.4 Å². The molecule has 66 valence electrons. The fraction of sp³-hybridized carbons (Fsp3) is 0.600. The van der Waals surface area contributed by atoms with Crippen molar-refractivity contribution in [2.45, 2.75) is 6.92 Å². The van der Waals surface area contributed by atoms with Crippen molar-refractivity contribution in [3.05, 3.63) is 11.3 Å². The van der Waals surface area contributed by atoms with E-state index >= 15 is 0 Å². The molecular formula is C5H10ClO4P. The van der Waals surface area contributed by atoms with Crippen molar-refractivity contribution in [2.24, 2.45) is 0 Å². The number of hydrogen-bond acceptors (Lipinski definition) is 4. The van der Waals surface area contributed by atoms with Crippen LogP contribution in [0.5, 0.6) is 0 Å². The van der Waals surface area contributed by atoms with Crippen molar-refractivity contribution in [3.63, 3.8) is 0 Å². The first-order valence-electron chi connectivity index (χ1n) is 2.76. The highest BCUT2D eigenvalue weighted by Crippen LogP contribution is 2.49. The Labute approximate surface area is 70.7 Å². The molecule has 0 aromatic rings. The fourth-order valence-corrected chi connectivity index (χ4v) is 1.16. The van der Waals surface area contributed by atoms with Crippen molar-refractivity contribution < 1.29 is 18.1 Å². The second-order valence-electron chi connectivity index (χ2n) is 1.62. The minimum Gasteiger partial charge on any atom is -0.408 e. The fourth-order valence-electron chi connectivity index (χ4n) is 0.345. The maximum atomic E-state index is 11.2. The minimum absolute atomic E-state index is 0.277. The summed E-state index contributed by atoms with van der Waals surface area (Å²) in [6, 6.07) is 0. The van der Waals surface area contributed by atoms with Gasteiger partial charge in [0.1, 0.15) is 5.76 Å². The van der Waals surface area contributed by atoms with Crippen LogP contribution in [0.25, 0.3) is 0 Å². The van der Waals surface area contributed by atoms with Gasteiger partial charge in [-0.25, -0.2) is 4.57 Å². The van der Waals surface area contributed by atoms with E-state index in [0.29, 0.717) is 0 Å². The first-order chi connectivity index (χ1) is 5.08. The zero-order chi connectivity index (χ0) is 8.91. The van der Waals surface area contributed by atoms with Crippen molar-refractivity contribution >= 4 is 19.4 Å². The third-order valence-electron chi connectivity index (χ3n) is 0.857. The van der Waals surface area contributed by atoms with Crippen molar-refractivity contribution in [1.82, 2.24) is 0 Å².